The maximum Gasteiger partial charge on any atom is 0.305 e. The Morgan fingerprint density at radius 2 is 0.515 bits per heavy atom. The normalized spacial score (nSPS) is 14.1. The van der Waals surface area contributed by atoms with Crippen LogP contribution < -0.4 is 0 Å². The first kappa shape index (κ1) is 89.0. The Morgan fingerprint density at radius 3 is 0.701 bits per heavy atom. The molecule has 1 saturated heterocycles. The Balaban J connectivity index is 1.14. The van der Waals surface area contributed by atoms with Crippen LogP contribution in [0.5, 0.6) is 0 Å². The van der Waals surface area contributed by atoms with Crippen molar-refractivity contribution in [2.45, 2.75) is 25.4 Å². The Morgan fingerprint density at radius 1 is 0.320 bits per heavy atom. The topological polar surface area (TPSA) is 374 Å². The van der Waals surface area contributed by atoms with Crippen molar-refractivity contribution >= 4 is 35.5 Å². The number of hydrogen-bond donors (Lipinski definition) is 2. The van der Waals surface area contributed by atoms with Crippen LogP contribution in [0.15, 0.2) is 12.2 Å². The molecule has 2 rings (SSSR count). The minimum Gasteiger partial charge on any atom is -0.481 e. The van der Waals surface area contributed by atoms with Gasteiger partial charge in [-0.1, -0.05) is 0 Å². The van der Waals surface area contributed by atoms with Gasteiger partial charge >= 0.3 is 5.97 Å². The highest BCUT2D eigenvalue weighted by atomic mass is 16.6. The van der Waals surface area contributed by atoms with Crippen LogP contribution in [0, 0.1) is 0 Å². The zero-order valence-electron chi connectivity index (χ0n) is 56.7. The number of carbonyl (C=O) groups is 6. The van der Waals surface area contributed by atoms with Crippen molar-refractivity contribution in [3.8, 4) is 0 Å². The molecule has 0 aliphatic carbocycles. The fourth-order valence-corrected chi connectivity index (χ4v) is 7.65. The summed E-state index contributed by atoms with van der Waals surface area (Å²) in [6.45, 7) is 19.5. The molecule has 1 fully saturated rings. The van der Waals surface area contributed by atoms with Crippen molar-refractivity contribution in [1.82, 2.24) is 14.9 Å². The fourth-order valence-electron chi connectivity index (χ4n) is 7.65. The molecular weight excluding hydrogens is 1300 g/mol. The van der Waals surface area contributed by atoms with E-state index >= 15 is 0 Å². The van der Waals surface area contributed by atoms with Gasteiger partial charge in [-0.25, -0.2) is 5.01 Å². The van der Waals surface area contributed by atoms with E-state index in [0.717, 1.165) is 22.1 Å². The number of carboxylic acids is 1. The Kier molecular flexibility index (Phi) is 63.4. The summed E-state index contributed by atoms with van der Waals surface area (Å²) in [5, 5.41) is 19.8. The Hall–Kier alpha value is -4.04. The largest absolute Gasteiger partial charge is 0.481 e. The van der Waals surface area contributed by atoms with Gasteiger partial charge < -0.3 is 124 Å². The van der Waals surface area contributed by atoms with Crippen LogP contribution in [0.1, 0.15) is 19.3 Å². The second kappa shape index (κ2) is 69.1. The molecule has 1 atom stereocenters. The highest BCUT2D eigenvalue weighted by Gasteiger charge is 2.43. The maximum absolute atomic E-state index is 13.0. The Bertz CT molecular complexity index is 1890. The number of aliphatic hydroxyl groups is 1. The van der Waals surface area contributed by atoms with Gasteiger partial charge in [0.2, 0.25) is 5.91 Å². The van der Waals surface area contributed by atoms with Crippen molar-refractivity contribution in [2.24, 2.45) is 0 Å². The number of hydrogen-bond acceptors (Lipinski definition) is 31. The summed E-state index contributed by atoms with van der Waals surface area (Å²) in [6, 6.07) is 0. The van der Waals surface area contributed by atoms with Crippen molar-refractivity contribution < 1.29 is 153 Å². The minimum atomic E-state index is -1.57. The zero-order valence-corrected chi connectivity index (χ0v) is 56.7. The van der Waals surface area contributed by atoms with Crippen LogP contribution >= 0.6 is 0 Å². The van der Waals surface area contributed by atoms with Gasteiger partial charge in [-0.05, 0) is 0 Å². The van der Waals surface area contributed by atoms with Gasteiger partial charge in [0.05, 0.1) is 337 Å². The lowest BCUT2D eigenvalue weighted by molar-refractivity contribution is -0.171. The standard InChI is InChI=1S/C62H111N3O32/c66-56-55-60(70)65(62(56)73)64(59(69)3-5-63-57(67)1-2-58(63)68)6-8-75-10-12-77-14-16-79-18-20-81-22-24-83-26-28-85-30-32-87-34-36-89-38-40-91-42-44-93-46-48-95-50-52-97-54-53-96-51-49-94-47-45-92-43-41-90-39-37-88-35-33-86-31-29-84-27-25-82-23-21-80-19-17-78-15-13-76-11-9-74-7-4-61(71)72/h1-2,56,66H,3-55H2,(H,71,72). The van der Waals surface area contributed by atoms with Crippen LogP contribution in [-0.4, -0.2) is 397 Å². The van der Waals surface area contributed by atoms with Crippen molar-refractivity contribution in [3.05, 3.63) is 12.2 Å². The van der Waals surface area contributed by atoms with Gasteiger partial charge in [-0.2, -0.15) is 5.01 Å². The number of hydrazine groups is 1. The van der Waals surface area contributed by atoms with Crippen LogP contribution in [0.25, 0.3) is 0 Å². The van der Waals surface area contributed by atoms with E-state index in [4.69, 9.17) is 119 Å². The van der Waals surface area contributed by atoms with E-state index in [-0.39, 0.29) is 52.4 Å². The summed E-state index contributed by atoms with van der Waals surface area (Å²) >= 11 is 0. The SMILES string of the molecule is O=C(O)CCOCCOCCOCCOCCOCCOCCOCCOCCOCCOCCOCCOCCOCCOCCOCCOCCOCCOCCOCCOCCOCCOCCOCCOCCN(C(=O)CCN1C(=O)C=CC1=O)N1C(=O)CC(O)C1=O. The fraction of sp³-hybridized carbons (Fsp3) is 0.871. The van der Waals surface area contributed by atoms with Crippen LogP contribution in [0.2, 0.25) is 0 Å². The molecule has 35 nitrogen and oxygen atoms in total. The molecule has 1 unspecified atom stereocenters. The molecule has 2 N–H and O–H groups in total. The molecule has 2 heterocycles. The molecule has 0 aromatic carbocycles. The molecule has 566 valence electrons. The van der Waals surface area contributed by atoms with E-state index in [1.165, 1.54) is 0 Å². The van der Waals surface area contributed by atoms with Crippen LogP contribution in [-0.2, 0) is 142 Å². The van der Waals surface area contributed by atoms with Crippen LogP contribution in [0.4, 0.5) is 0 Å². The summed E-state index contributed by atoms with van der Waals surface area (Å²) in [6.07, 6.45) is -0.207. The molecule has 0 aromatic heterocycles. The van der Waals surface area contributed by atoms with E-state index in [2.05, 4.69) is 0 Å². The highest BCUT2D eigenvalue weighted by Crippen LogP contribution is 2.17. The molecule has 97 heavy (non-hydrogen) atoms. The average molecular weight is 1410 g/mol. The van der Waals surface area contributed by atoms with E-state index in [1.54, 1.807) is 0 Å². The molecule has 2 aliphatic rings. The summed E-state index contributed by atoms with van der Waals surface area (Å²) in [7, 11) is 0. The maximum atomic E-state index is 13.0. The van der Waals surface area contributed by atoms with Gasteiger partial charge in [0, 0.05) is 25.1 Å². The lowest BCUT2D eigenvalue weighted by atomic mass is 10.3. The number of aliphatic hydroxyl groups excluding tert-OH is 1. The summed E-state index contributed by atoms with van der Waals surface area (Å²) in [5.74, 6) is -4.41. The van der Waals surface area contributed by atoms with E-state index in [0.29, 0.717) is 296 Å². The smallest absolute Gasteiger partial charge is 0.305 e. The molecule has 0 aromatic rings. The lowest BCUT2D eigenvalue weighted by Gasteiger charge is -2.30. The predicted octanol–water partition coefficient (Wildman–Crippen LogP) is -1.96. The summed E-state index contributed by atoms with van der Waals surface area (Å²) in [5.41, 5.74) is 0. The zero-order chi connectivity index (χ0) is 69.6. The van der Waals surface area contributed by atoms with Crippen LogP contribution in [0.3, 0.4) is 0 Å². The molecule has 5 amide bonds. The van der Waals surface area contributed by atoms with Gasteiger partial charge in [0.1, 0.15) is 6.10 Å². The molecule has 2 aliphatic heterocycles. The van der Waals surface area contributed by atoms with Gasteiger partial charge in [0.15, 0.2) is 0 Å². The number of ether oxygens (including phenoxy) is 24. The molecule has 0 radical (unpaired) electrons. The minimum absolute atomic E-state index is 0.0149. The number of carbonyl (C=O) groups excluding carboxylic acids is 5. The lowest BCUT2D eigenvalue weighted by Crippen LogP contribution is -2.52. The van der Waals surface area contributed by atoms with E-state index in [1.807, 2.05) is 0 Å². The number of amides is 5. The summed E-state index contributed by atoms with van der Waals surface area (Å²) in [4.78, 5) is 72.7. The monoisotopic (exact) mass is 1410 g/mol. The summed E-state index contributed by atoms with van der Waals surface area (Å²) < 4.78 is 132. The van der Waals surface area contributed by atoms with E-state index in [9.17, 15) is 33.9 Å². The number of imide groups is 2. The third-order valence-corrected chi connectivity index (χ3v) is 12.5. The Labute approximate surface area is 569 Å². The van der Waals surface area contributed by atoms with Crippen molar-refractivity contribution in [1.29, 1.82) is 0 Å². The van der Waals surface area contributed by atoms with E-state index < -0.39 is 48.0 Å². The molecular formula is C62H111N3O32. The first-order valence-electron chi connectivity index (χ1n) is 33.2. The second-order valence-electron chi connectivity index (χ2n) is 20.0. The quantitative estimate of drug-likeness (QED) is 0.0493. The molecule has 0 saturated carbocycles. The van der Waals surface area contributed by atoms with Crippen molar-refractivity contribution in [2.75, 3.05) is 330 Å². The number of rotatable bonds is 79. The average Bonchev–Trinajstić information content (AvgIpc) is 1.71. The van der Waals surface area contributed by atoms with Gasteiger partial charge in [0.25, 0.3) is 23.6 Å². The van der Waals surface area contributed by atoms with Gasteiger partial charge in [-0.3, -0.25) is 33.7 Å². The third kappa shape index (κ3) is 56.3. The number of nitrogens with zero attached hydrogens (tertiary/aromatic N) is 3. The number of carboxylic acid groups (broad SMARTS) is 1. The predicted molar refractivity (Wildman–Crippen MR) is 337 cm³/mol. The second-order valence-corrected chi connectivity index (χ2v) is 20.0. The van der Waals surface area contributed by atoms with Gasteiger partial charge in [-0.15, -0.1) is 0 Å². The first-order valence-corrected chi connectivity index (χ1v) is 33.2. The molecule has 0 spiro atoms. The molecule has 0 bridgehead atoms. The number of aliphatic carboxylic acids is 1. The third-order valence-electron chi connectivity index (χ3n) is 12.5. The van der Waals surface area contributed by atoms with Crippen molar-refractivity contribution in [3.63, 3.8) is 0 Å². The first-order chi connectivity index (χ1) is 47.7. The molecule has 35 heteroatoms. The highest BCUT2D eigenvalue weighted by molar-refractivity contribution is 6.13.